The van der Waals surface area contributed by atoms with Crippen LogP contribution in [0.5, 0.6) is 0 Å². The second-order valence-corrected chi connectivity index (χ2v) is 9.60. The molecule has 0 aromatic rings. The van der Waals surface area contributed by atoms with E-state index >= 15 is 0 Å². The van der Waals surface area contributed by atoms with Crippen LogP contribution in [0.15, 0.2) is 11.6 Å². The number of aliphatic hydroxyl groups excluding tert-OH is 1. The first kappa shape index (κ1) is 21.0. The van der Waals surface area contributed by atoms with Gasteiger partial charge < -0.3 is 15.9 Å². The first-order chi connectivity index (χ1) is 12.2. The molecule has 3 saturated carbocycles. The summed E-state index contributed by atoms with van der Waals surface area (Å²) in [6.45, 7) is 4.03. The van der Waals surface area contributed by atoms with Crippen molar-refractivity contribution in [3.05, 3.63) is 11.6 Å². The maximum Gasteiger partial charge on any atom is 0.178 e. The largest absolute Gasteiger partial charge is 0.393 e. The van der Waals surface area contributed by atoms with Crippen LogP contribution in [0.1, 0.15) is 58.8 Å². The normalized spacial score (nSPS) is 48.6. The minimum absolute atomic E-state index is 0. The molecule has 0 bridgehead atoms. The van der Waals surface area contributed by atoms with Gasteiger partial charge >= 0.3 is 0 Å². The molecule has 3 fully saturated rings. The fraction of sp³-hybridized carbons (Fsp3) is 0.810. The van der Waals surface area contributed by atoms with Crippen LogP contribution in [0.2, 0.25) is 0 Å². The molecule has 0 heterocycles. The van der Waals surface area contributed by atoms with Gasteiger partial charge in [-0.3, -0.25) is 9.59 Å². The Morgan fingerprint density at radius 1 is 1.26 bits per heavy atom. The first-order valence-corrected chi connectivity index (χ1v) is 10.0. The summed E-state index contributed by atoms with van der Waals surface area (Å²) in [7, 11) is 0. The van der Waals surface area contributed by atoms with Crippen molar-refractivity contribution in [2.75, 3.05) is 6.54 Å². The number of Topliss-reactive ketones (excluding diaryl/α,β-unsaturated/α-hetero) is 1. The zero-order chi connectivity index (χ0) is 18.9. The van der Waals surface area contributed by atoms with Crippen LogP contribution in [-0.4, -0.2) is 40.0 Å². The van der Waals surface area contributed by atoms with Crippen molar-refractivity contribution in [2.45, 2.75) is 70.5 Å². The lowest BCUT2D eigenvalue weighted by Gasteiger charge is -2.60. The number of halogens is 1. The molecular formula is C21H32ClNO4. The van der Waals surface area contributed by atoms with Crippen molar-refractivity contribution >= 4 is 24.0 Å². The molecule has 0 spiro atoms. The summed E-state index contributed by atoms with van der Waals surface area (Å²) in [5.41, 5.74) is 4.61. The molecular weight excluding hydrogens is 366 g/mol. The van der Waals surface area contributed by atoms with Crippen molar-refractivity contribution < 1.29 is 19.8 Å². The summed E-state index contributed by atoms with van der Waals surface area (Å²) in [4.78, 5) is 24.4. The number of allylic oxidation sites excluding steroid dienone is 1. The Hall–Kier alpha value is -0.750. The second-order valence-electron chi connectivity index (χ2n) is 9.60. The molecule has 5 nitrogen and oxygen atoms in total. The number of ketones is 2. The molecule has 7 atom stereocenters. The highest BCUT2D eigenvalue weighted by atomic mass is 35.5. The standard InChI is InChI=1S/C21H31NO4.ClH/c1-19-7-5-13(23)9-12(19)3-4-14-15-6-8-21(26,17(25)11-22)20(15,2)10-16(24)18(14)19;/h9,14-16,18,24,26H,3-8,10-11,22H2,1-2H3;1H/t14-,15-,16?,18+,19-,20-,21-;/m0./s1. The van der Waals surface area contributed by atoms with E-state index in [1.165, 1.54) is 5.57 Å². The summed E-state index contributed by atoms with van der Waals surface area (Å²) in [5.74, 6) is 0.504. The van der Waals surface area contributed by atoms with Gasteiger partial charge in [-0.15, -0.1) is 12.4 Å². The fourth-order valence-corrected chi connectivity index (χ4v) is 7.32. The van der Waals surface area contributed by atoms with Crippen LogP contribution in [0, 0.1) is 28.6 Å². The van der Waals surface area contributed by atoms with Crippen molar-refractivity contribution in [1.29, 1.82) is 0 Å². The van der Waals surface area contributed by atoms with Crippen LogP contribution >= 0.6 is 12.4 Å². The number of aliphatic hydroxyl groups is 2. The van der Waals surface area contributed by atoms with Crippen LogP contribution in [-0.2, 0) is 9.59 Å². The van der Waals surface area contributed by atoms with E-state index in [1.54, 1.807) is 0 Å². The number of fused-ring (bicyclic) bond motifs is 5. The molecule has 0 aliphatic heterocycles. The average molecular weight is 398 g/mol. The predicted molar refractivity (Wildman–Crippen MR) is 104 cm³/mol. The smallest absolute Gasteiger partial charge is 0.178 e. The summed E-state index contributed by atoms with van der Waals surface area (Å²) in [5, 5.41) is 22.5. The van der Waals surface area contributed by atoms with Crippen molar-refractivity contribution in [2.24, 2.45) is 34.3 Å². The monoisotopic (exact) mass is 397 g/mol. The molecule has 0 saturated heterocycles. The number of carbonyl (C=O) groups excluding carboxylic acids is 2. The van der Waals surface area contributed by atoms with Crippen LogP contribution in [0.4, 0.5) is 0 Å². The maximum absolute atomic E-state index is 12.5. The number of rotatable bonds is 2. The molecule has 0 amide bonds. The number of hydrogen-bond donors (Lipinski definition) is 3. The fourth-order valence-electron chi connectivity index (χ4n) is 7.32. The van der Waals surface area contributed by atoms with Gasteiger partial charge in [-0.25, -0.2) is 0 Å². The predicted octanol–water partition coefficient (Wildman–Crippen LogP) is 2.17. The maximum atomic E-state index is 12.5. The highest BCUT2D eigenvalue weighted by Crippen LogP contribution is 2.67. The molecule has 4 aliphatic rings. The van der Waals surface area contributed by atoms with Gasteiger partial charge in [0.25, 0.3) is 0 Å². The van der Waals surface area contributed by atoms with Crippen LogP contribution in [0.3, 0.4) is 0 Å². The van der Waals surface area contributed by atoms with Crippen molar-refractivity contribution in [3.63, 3.8) is 0 Å². The molecule has 0 radical (unpaired) electrons. The van der Waals surface area contributed by atoms with E-state index < -0.39 is 17.1 Å². The average Bonchev–Trinajstić information content (AvgIpc) is 2.86. The molecule has 27 heavy (non-hydrogen) atoms. The highest BCUT2D eigenvalue weighted by molar-refractivity contribution is 5.92. The molecule has 6 heteroatoms. The van der Waals surface area contributed by atoms with Crippen LogP contribution in [0.25, 0.3) is 0 Å². The van der Waals surface area contributed by atoms with E-state index in [4.69, 9.17) is 5.73 Å². The van der Waals surface area contributed by atoms with E-state index in [-0.39, 0.29) is 53.7 Å². The third-order valence-corrected chi connectivity index (χ3v) is 8.70. The summed E-state index contributed by atoms with van der Waals surface area (Å²) >= 11 is 0. The van der Waals surface area contributed by atoms with Gasteiger partial charge in [0.15, 0.2) is 11.6 Å². The number of nitrogens with two attached hydrogens (primary N) is 1. The van der Waals surface area contributed by atoms with E-state index in [9.17, 15) is 19.8 Å². The van der Waals surface area contributed by atoms with E-state index in [2.05, 4.69) is 6.92 Å². The second kappa shape index (κ2) is 6.65. The first-order valence-electron chi connectivity index (χ1n) is 10.0. The third-order valence-electron chi connectivity index (χ3n) is 8.70. The molecule has 0 aromatic carbocycles. The molecule has 4 aliphatic carbocycles. The van der Waals surface area contributed by atoms with Gasteiger partial charge in [-0.1, -0.05) is 19.4 Å². The Morgan fingerprint density at radius 3 is 2.63 bits per heavy atom. The molecule has 1 unspecified atom stereocenters. The van der Waals surface area contributed by atoms with Crippen molar-refractivity contribution in [3.8, 4) is 0 Å². The Bertz CT molecular complexity index is 694. The third kappa shape index (κ3) is 2.61. The van der Waals surface area contributed by atoms with Gasteiger partial charge in [-0.05, 0) is 67.8 Å². The van der Waals surface area contributed by atoms with E-state index in [1.807, 2.05) is 13.0 Å². The van der Waals surface area contributed by atoms with Gasteiger partial charge in [0.2, 0.25) is 0 Å². The quantitative estimate of drug-likeness (QED) is 0.663. The van der Waals surface area contributed by atoms with E-state index in [0.717, 1.165) is 25.7 Å². The molecule has 152 valence electrons. The Labute approximate surface area is 167 Å². The van der Waals surface area contributed by atoms with Gasteiger partial charge in [-0.2, -0.15) is 0 Å². The Kier molecular flexibility index (Phi) is 5.17. The van der Waals surface area contributed by atoms with Gasteiger partial charge in [0.05, 0.1) is 12.6 Å². The number of carbonyl (C=O) groups is 2. The summed E-state index contributed by atoms with van der Waals surface area (Å²) in [6, 6.07) is 0. The minimum atomic E-state index is -1.42. The lowest BCUT2D eigenvalue weighted by atomic mass is 9.45. The van der Waals surface area contributed by atoms with Crippen molar-refractivity contribution in [1.82, 2.24) is 0 Å². The Balaban J connectivity index is 0.00000210. The van der Waals surface area contributed by atoms with E-state index in [0.29, 0.717) is 19.3 Å². The molecule has 4 N–H and O–H groups in total. The van der Waals surface area contributed by atoms with Gasteiger partial charge in [0, 0.05) is 11.8 Å². The SMILES string of the molecule is C[C@]12CCC(=O)C=C1CC[C@@H]1[C@@H]2C(O)C[C@@]2(C)[C@H]1CC[C@]2(O)C(=O)CN.Cl. The summed E-state index contributed by atoms with van der Waals surface area (Å²) < 4.78 is 0. The van der Waals surface area contributed by atoms with Crippen LogP contribution < -0.4 is 5.73 Å². The highest BCUT2D eigenvalue weighted by Gasteiger charge is 2.68. The number of hydrogen-bond acceptors (Lipinski definition) is 5. The lowest BCUT2D eigenvalue weighted by molar-refractivity contribution is -0.179. The molecule has 4 rings (SSSR count). The lowest BCUT2D eigenvalue weighted by Crippen LogP contribution is -2.62. The zero-order valence-electron chi connectivity index (χ0n) is 16.2. The summed E-state index contributed by atoms with van der Waals surface area (Å²) in [6.07, 6.45) is 6.08. The Morgan fingerprint density at radius 2 is 1.96 bits per heavy atom. The zero-order valence-corrected chi connectivity index (χ0v) is 17.1. The van der Waals surface area contributed by atoms with Gasteiger partial charge in [0.1, 0.15) is 5.60 Å². The minimum Gasteiger partial charge on any atom is -0.393 e. The topological polar surface area (TPSA) is 101 Å². The molecule has 0 aromatic heterocycles.